The third-order valence-electron chi connectivity index (χ3n) is 4.84. The van der Waals surface area contributed by atoms with Crippen LogP contribution in [0.15, 0.2) is 59.7 Å². The van der Waals surface area contributed by atoms with Gasteiger partial charge in [0.1, 0.15) is 11.5 Å². The number of alkyl halides is 6. The molecule has 2 heterocycles. The van der Waals surface area contributed by atoms with E-state index >= 15 is 0 Å². The second-order valence-corrected chi connectivity index (χ2v) is 7.48. The van der Waals surface area contributed by atoms with E-state index in [0.29, 0.717) is 22.9 Å². The quantitative estimate of drug-likeness (QED) is 0.447. The Kier molecular flexibility index (Phi) is 7.86. The predicted octanol–water partition coefficient (Wildman–Crippen LogP) is 3.86. The number of carbonyl (C=O) groups excluding carboxylic acids is 1. The van der Waals surface area contributed by atoms with E-state index in [1.54, 1.807) is 0 Å². The predicted molar refractivity (Wildman–Crippen MR) is 109 cm³/mol. The van der Waals surface area contributed by atoms with Crippen molar-refractivity contribution in [2.75, 3.05) is 0 Å². The van der Waals surface area contributed by atoms with Crippen molar-refractivity contribution in [3.63, 3.8) is 0 Å². The molecular weight excluding hydrogens is 522 g/mol. The second-order valence-electron chi connectivity index (χ2n) is 7.48. The van der Waals surface area contributed by atoms with E-state index in [4.69, 9.17) is 0 Å². The SMILES string of the molecule is O=C(N[C@@H](c1ccc(OC(F)(F)F)c(F)c1)c1ncccc1F)c1ccc(=O)n(CC(O)C(F)(F)F)c1. The minimum Gasteiger partial charge on any atom is -0.403 e. The number of rotatable bonds is 7. The molecule has 1 amide bonds. The first-order valence-electron chi connectivity index (χ1n) is 10.1. The fourth-order valence-electron chi connectivity index (χ4n) is 3.14. The maximum absolute atomic E-state index is 14.5. The van der Waals surface area contributed by atoms with Gasteiger partial charge in [-0.2, -0.15) is 13.2 Å². The van der Waals surface area contributed by atoms with Crippen LogP contribution >= 0.6 is 0 Å². The highest BCUT2D eigenvalue weighted by Gasteiger charge is 2.38. The Balaban J connectivity index is 1.97. The lowest BCUT2D eigenvalue weighted by atomic mass is 10.0. The van der Waals surface area contributed by atoms with E-state index in [0.717, 1.165) is 30.5 Å². The Hall–Kier alpha value is -4.01. The number of benzene rings is 1. The van der Waals surface area contributed by atoms with E-state index in [9.17, 15) is 49.8 Å². The minimum atomic E-state index is -5.20. The van der Waals surface area contributed by atoms with Crippen molar-refractivity contribution >= 4 is 5.91 Å². The lowest BCUT2D eigenvalue weighted by molar-refractivity contribution is -0.275. The van der Waals surface area contributed by atoms with Crippen LogP contribution in [0.3, 0.4) is 0 Å². The average molecular weight is 537 g/mol. The molecule has 0 saturated heterocycles. The second kappa shape index (κ2) is 10.5. The summed E-state index contributed by atoms with van der Waals surface area (Å²) in [5, 5.41) is 11.5. The number of nitrogens with one attached hydrogen (secondary N) is 1. The fourth-order valence-corrected chi connectivity index (χ4v) is 3.14. The third kappa shape index (κ3) is 7.03. The average Bonchev–Trinajstić information content (AvgIpc) is 2.79. The van der Waals surface area contributed by atoms with Gasteiger partial charge < -0.3 is 19.7 Å². The maximum atomic E-state index is 14.5. The molecule has 0 bridgehead atoms. The van der Waals surface area contributed by atoms with Gasteiger partial charge in [0.25, 0.3) is 11.5 Å². The van der Waals surface area contributed by atoms with E-state index in [2.05, 4.69) is 15.0 Å². The van der Waals surface area contributed by atoms with Crippen LogP contribution in [0.1, 0.15) is 27.7 Å². The number of pyridine rings is 2. The number of aromatic nitrogens is 2. The van der Waals surface area contributed by atoms with Crippen molar-refractivity contribution in [2.45, 2.75) is 31.2 Å². The Morgan fingerprint density at radius 2 is 1.76 bits per heavy atom. The molecule has 2 aromatic heterocycles. The minimum absolute atomic E-state index is 0.265. The highest BCUT2D eigenvalue weighted by molar-refractivity contribution is 5.94. The Labute approximate surface area is 201 Å². The maximum Gasteiger partial charge on any atom is 0.573 e. The van der Waals surface area contributed by atoms with Crippen LogP contribution in [0, 0.1) is 11.6 Å². The van der Waals surface area contributed by atoms with Crippen LogP contribution in [-0.2, 0) is 6.54 Å². The van der Waals surface area contributed by atoms with Crippen LogP contribution in [-0.4, -0.2) is 39.2 Å². The van der Waals surface area contributed by atoms with Crippen molar-refractivity contribution in [1.82, 2.24) is 14.9 Å². The molecule has 3 rings (SSSR count). The zero-order chi connectivity index (χ0) is 27.5. The van der Waals surface area contributed by atoms with Gasteiger partial charge in [-0.1, -0.05) is 6.07 Å². The molecule has 2 atom stereocenters. The highest BCUT2D eigenvalue weighted by Crippen LogP contribution is 2.30. The smallest absolute Gasteiger partial charge is 0.403 e. The number of ether oxygens (including phenoxy) is 1. The summed E-state index contributed by atoms with van der Waals surface area (Å²) in [5.74, 6) is -4.78. The number of hydrogen-bond donors (Lipinski definition) is 2. The van der Waals surface area contributed by atoms with Crippen molar-refractivity contribution in [1.29, 1.82) is 0 Å². The van der Waals surface area contributed by atoms with Gasteiger partial charge in [-0.25, -0.2) is 8.78 Å². The highest BCUT2D eigenvalue weighted by atomic mass is 19.4. The number of aliphatic hydroxyl groups is 1. The van der Waals surface area contributed by atoms with Gasteiger partial charge >= 0.3 is 12.5 Å². The summed E-state index contributed by atoms with van der Waals surface area (Å²) in [7, 11) is 0. The number of nitrogens with zero attached hydrogens (tertiary/aromatic N) is 2. The van der Waals surface area contributed by atoms with Crippen molar-refractivity contribution in [3.05, 3.63) is 93.7 Å². The van der Waals surface area contributed by atoms with E-state index in [1.807, 2.05) is 0 Å². The number of carbonyl (C=O) groups is 1. The molecule has 15 heteroatoms. The van der Waals surface area contributed by atoms with Crippen LogP contribution in [0.5, 0.6) is 5.75 Å². The first-order valence-corrected chi connectivity index (χ1v) is 10.1. The van der Waals surface area contributed by atoms with Crippen molar-refractivity contribution < 1.29 is 49.8 Å². The summed E-state index contributed by atoms with van der Waals surface area (Å²) in [6.45, 7) is -1.23. The summed E-state index contributed by atoms with van der Waals surface area (Å²) in [5.41, 5.74) is -2.12. The van der Waals surface area contributed by atoms with Gasteiger partial charge in [0.05, 0.1) is 18.2 Å². The van der Waals surface area contributed by atoms with Gasteiger partial charge in [0, 0.05) is 18.5 Å². The van der Waals surface area contributed by atoms with Crippen LogP contribution < -0.4 is 15.6 Å². The molecule has 0 spiro atoms. The molecule has 0 radical (unpaired) electrons. The van der Waals surface area contributed by atoms with Gasteiger partial charge in [-0.15, -0.1) is 13.2 Å². The molecule has 37 heavy (non-hydrogen) atoms. The molecule has 0 aliphatic heterocycles. The molecule has 198 valence electrons. The zero-order valence-corrected chi connectivity index (χ0v) is 18.1. The lowest BCUT2D eigenvalue weighted by Gasteiger charge is -2.21. The summed E-state index contributed by atoms with van der Waals surface area (Å²) < 4.78 is 108. The van der Waals surface area contributed by atoms with Gasteiger partial charge in [-0.3, -0.25) is 14.6 Å². The first kappa shape index (κ1) is 27.6. The van der Waals surface area contributed by atoms with E-state index in [1.165, 1.54) is 6.07 Å². The lowest BCUT2D eigenvalue weighted by Crippen LogP contribution is -2.37. The number of hydrogen-bond acceptors (Lipinski definition) is 5. The van der Waals surface area contributed by atoms with Crippen molar-refractivity contribution in [3.8, 4) is 5.75 Å². The number of aliphatic hydroxyl groups excluding tert-OH is 1. The normalized spacial score (nSPS) is 13.6. The number of amides is 1. The van der Waals surface area contributed by atoms with Crippen LogP contribution in [0.4, 0.5) is 35.1 Å². The molecule has 7 nitrogen and oxygen atoms in total. The first-order chi connectivity index (χ1) is 17.2. The molecule has 3 aromatic rings. The molecule has 2 N–H and O–H groups in total. The topological polar surface area (TPSA) is 93.5 Å². The van der Waals surface area contributed by atoms with Crippen molar-refractivity contribution in [2.24, 2.45) is 0 Å². The molecular formula is C22H15F8N3O4. The monoisotopic (exact) mass is 537 g/mol. The largest absolute Gasteiger partial charge is 0.573 e. The molecule has 1 unspecified atom stereocenters. The fraction of sp³-hybridized carbons (Fsp3) is 0.227. The third-order valence-corrected chi connectivity index (χ3v) is 4.84. The van der Waals surface area contributed by atoms with E-state index < -0.39 is 71.3 Å². The van der Waals surface area contributed by atoms with Crippen LogP contribution in [0.25, 0.3) is 0 Å². The summed E-state index contributed by atoms with van der Waals surface area (Å²) in [6.07, 6.45) is -11.3. The number of halogens is 8. The Bertz CT molecular complexity index is 1340. The molecule has 0 saturated carbocycles. The summed E-state index contributed by atoms with van der Waals surface area (Å²) >= 11 is 0. The standard InChI is InChI=1S/C22H15F8N3O4/c23-13-2-1-7-31-19(13)18(11-3-5-15(14(24)8-11)37-22(28,29)30)32-20(36)12-4-6-17(35)33(9-12)10-16(34)21(25,26)27/h1-9,16,18,34H,10H2,(H,32,36)/t16?,18-/m0/s1. The Morgan fingerprint density at radius 3 is 2.35 bits per heavy atom. The van der Waals surface area contributed by atoms with Gasteiger partial charge in [-0.05, 0) is 35.9 Å². The van der Waals surface area contributed by atoms with Crippen LogP contribution in [0.2, 0.25) is 0 Å². The molecule has 0 aliphatic rings. The summed E-state index contributed by atoms with van der Waals surface area (Å²) in [6, 6.07) is 4.27. The summed E-state index contributed by atoms with van der Waals surface area (Å²) in [4.78, 5) is 28.5. The molecule has 1 aromatic carbocycles. The van der Waals surface area contributed by atoms with Gasteiger partial charge in [0.15, 0.2) is 17.7 Å². The molecule has 0 fully saturated rings. The molecule has 0 aliphatic carbocycles. The Morgan fingerprint density at radius 1 is 1.05 bits per heavy atom. The van der Waals surface area contributed by atoms with E-state index in [-0.39, 0.29) is 5.56 Å². The van der Waals surface area contributed by atoms with Gasteiger partial charge in [0.2, 0.25) is 0 Å². The zero-order valence-electron chi connectivity index (χ0n) is 18.1.